The van der Waals surface area contributed by atoms with Crippen LogP contribution in [-0.2, 0) is 24.2 Å². The zero-order valence-corrected chi connectivity index (χ0v) is 18.9. The lowest BCUT2D eigenvalue weighted by Crippen LogP contribution is -2.32. The van der Waals surface area contributed by atoms with Crippen molar-refractivity contribution in [3.8, 4) is 0 Å². The maximum Gasteiger partial charge on any atom is 0.339 e. The highest BCUT2D eigenvalue weighted by molar-refractivity contribution is 7.92. The quantitative estimate of drug-likeness (QED) is 0.552. The third kappa shape index (κ3) is 5.68. The van der Waals surface area contributed by atoms with Crippen LogP contribution in [0.3, 0.4) is 0 Å². The maximum absolute atomic E-state index is 13.2. The van der Waals surface area contributed by atoms with E-state index in [1.807, 2.05) is 0 Å². The van der Waals surface area contributed by atoms with E-state index in [4.69, 9.17) is 4.74 Å². The first kappa shape index (κ1) is 24.2. The molecule has 2 N–H and O–H groups in total. The normalized spacial score (nSPS) is 15.5. The molecule has 2 aromatic carbocycles. The van der Waals surface area contributed by atoms with Gasteiger partial charge in [0.15, 0.2) is 0 Å². The smallest absolute Gasteiger partial charge is 0.339 e. The van der Waals surface area contributed by atoms with Crippen LogP contribution in [0.4, 0.5) is 5.69 Å². The van der Waals surface area contributed by atoms with Crippen molar-refractivity contribution in [3.05, 3.63) is 59.2 Å². The Hall–Kier alpha value is -3.44. The minimum atomic E-state index is -4.41. The number of benzene rings is 2. The summed E-state index contributed by atoms with van der Waals surface area (Å²) in [5.74, 6) is -2.17. The van der Waals surface area contributed by atoms with E-state index in [0.29, 0.717) is 13.2 Å². The molecule has 3 rings (SSSR count). The third-order valence-corrected chi connectivity index (χ3v) is 6.43. The lowest BCUT2D eigenvalue weighted by atomic mass is 10.1. The Bertz CT molecular complexity index is 1160. The van der Waals surface area contributed by atoms with Crippen LogP contribution in [-0.4, -0.2) is 59.7 Å². The van der Waals surface area contributed by atoms with Gasteiger partial charge in [0.25, 0.3) is 15.9 Å². The highest BCUT2D eigenvalue weighted by Crippen LogP contribution is 2.25. The topological polar surface area (TPSA) is 137 Å². The molecule has 0 aliphatic carbocycles. The van der Waals surface area contributed by atoms with Crippen LogP contribution < -0.4 is 10.0 Å². The Labute approximate surface area is 191 Å². The minimum Gasteiger partial charge on any atom is -0.465 e. The van der Waals surface area contributed by atoms with Gasteiger partial charge in [0.1, 0.15) is 4.90 Å². The second-order valence-electron chi connectivity index (χ2n) is 7.19. The molecule has 0 saturated carbocycles. The minimum absolute atomic E-state index is 0.00151. The molecule has 0 spiro atoms. The van der Waals surface area contributed by atoms with Gasteiger partial charge >= 0.3 is 11.9 Å². The molecule has 0 radical (unpaired) electrons. The summed E-state index contributed by atoms with van der Waals surface area (Å²) in [7, 11) is -2.16. The van der Waals surface area contributed by atoms with Gasteiger partial charge in [0.05, 0.1) is 42.7 Å². The number of sulfonamides is 1. The van der Waals surface area contributed by atoms with Crippen LogP contribution in [0.15, 0.2) is 47.4 Å². The standard InChI is InChI=1S/C22H24N2O8S/c1-30-21(26)14-9-10-17(22(27)31-2)19(12-14)33(28,29)24-18-8-4-3-7-16(18)20(25)23-13-15-6-5-11-32-15/h3-4,7-10,12,15,24H,5-6,11,13H2,1-2H3,(H,23,25). The van der Waals surface area contributed by atoms with Crippen molar-refractivity contribution in [2.45, 2.75) is 23.8 Å². The van der Waals surface area contributed by atoms with Crippen molar-refractivity contribution >= 4 is 33.6 Å². The number of hydrogen-bond acceptors (Lipinski definition) is 8. The molecule has 176 valence electrons. The zero-order valence-electron chi connectivity index (χ0n) is 18.1. The van der Waals surface area contributed by atoms with Crippen LogP contribution in [0.5, 0.6) is 0 Å². The van der Waals surface area contributed by atoms with Gasteiger partial charge in [0.2, 0.25) is 0 Å². The average Bonchev–Trinajstić information content (AvgIpc) is 3.35. The average molecular weight is 477 g/mol. The van der Waals surface area contributed by atoms with Gasteiger partial charge in [0, 0.05) is 13.2 Å². The summed E-state index contributed by atoms with van der Waals surface area (Å²) in [4.78, 5) is 36.3. The van der Waals surface area contributed by atoms with Gasteiger partial charge < -0.3 is 19.5 Å². The Morgan fingerprint density at radius 1 is 1.03 bits per heavy atom. The lowest BCUT2D eigenvalue weighted by Gasteiger charge is -2.16. The molecule has 0 aromatic heterocycles. The van der Waals surface area contributed by atoms with E-state index < -0.39 is 32.8 Å². The Balaban J connectivity index is 1.92. The molecule has 33 heavy (non-hydrogen) atoms. The molecule has 1 unspecified atom stereocenters. The highest BCUT2D eigenvalue weighted by Gasteiger charge is 2.27. The van der Waals surface area contributed by atoms with Gasteiger partial charge in [-0.05, 0) is 43.2 Å². The first-order valence-corrected chi connectivity index (χ1v) is 11.6. The summed E-state index contributed by atoms with van der Waals surface area (Å²) in [5.41, 5.74) is -0.268. The van der Waals surface area contributed by atoms with Crippen molar-refractivity contribution in [2.75, 3.05) is 32.1 Å². The van der Waals surface area contributed by atoms with E-state index in [1.165, 1.54) is 18.2 Å². The van der Waals surface area contributed by atoms with E-state index in [0.717, 1.165) is 39.2 Å². The fourth-order valence-electron chi connectivity index (χ4n) is 3.35. The van der Waals surface area contributed by atoms with Crippen molar-refractivity contribution in [3.63, 3.8) is 0 Å². The van der Waals surface area contributed by atoms with Gasteiger partial charge in [-0.2, -0.15) is 0 Å². The Kier molecular flexibility index (Phi) is 7.67. The molecule has 1 heterocycles. The molecule has 2 aromatic rings. The van der Waals surface area contributed by atoms with Crippen LogP contribution in [0.2, 0.25) is 0 Å². The largest absolute Gasteiger partial charge is 0.465 e. The van der Waals surface area contributed by atoms with Crippen LogP contribution in [0, 0.1) is 0 Å². The van der Waals surface area contributed by atoms with E-state index in [-0.39, 0.29) is 28.5 Å². The van der Waals surface area contributed by atoms with Gasteiger partial charge in [-0.25, -0.2) is 18.0 Å². The molecule has 1 saturated heterocycles. The number of para-hydroxylation sites is 1. The van der Waals surface area contributed by atoms with Crippen LogP contribution in [0.25, 0.3) is 0 Å². The monoisotopic (exact) mass is 476 g/mol. The SMILES string of the molecule is COC(=O)c1ccc(C(=O)OC)c(S(=O)(=O)Nc2ccccc2C(=O)NCC2CCCO2)c1. The number of anilines is 1. The van der Waals surface area contributed by atoms with Gasteiger partial charge in [-0.15, -0.1) is 0 Å². The number of hydrogen-bond donors (Lipinski definition) is 2. The fourth-order valence-corrected chi connectivity index (χ4v) is 4.65. The van der Waals surface area contributed by atoms with Gasteiger partial charge in [-0.1, -0.05) is 12.1 Å². The number of methoxy groups -OCH3 is 2. The number of amides is 1. The Morgan fingerprint density at radius 3 is 2.42 bits per heavy atom. The molecule has 1 amide bonds. The highest BCUT2D eigenvalue weighted by atomic mass is 32.2. The van der Waals surface area contributed by atoms with Crippen molar-refractivity contribution in [1.29, 1.82) is 0 Å². The molecule has 10 nitrogen and oxygen atoms in total. The number of esters is 2. The van der Waals surface area contributed by atoms with Crippen molar-refractivity contribution in [1.82, 2.24) is 5.32 Å². The predicted molar refractivity (Wildman–Crippen MR) is 118 cm³/mol. The van der Waals surface area contributed by atoms with Crippen molar-refractivity contribution < 1.29 is 37.0 Å². The molecule has 11 heteroatoms. The summed E-state index contributed by atoms with van der Waals surface area (Å²) in [6.07, 6.45) is 1.67. The van der Waals surface area contributed by atoms with E-state index in [9.17, 15) is 22.8 Å². The number of rotatable bonds is 8. The van der Waals surface area contributed by atoms with Crippen LogP contribution >= 0.6 is 0 Å². The first-order valence-electron chi connectivity index (χ1n) is 10.1. The Morgan fingerprint density at radius 2 is 1.76 bits per heavy atom. The van der Waals surface area contributed by atoms with Gasteiger partial charge in [-0.3, -0.25) is 9.52 Å². The van der Waals surface area contributed by atoms with Crippen molar-refractivity contribution in [2.24, 2.45) is 0 Å². The fraction of sp³-hybridized carbons (Fsp3) is 0.318. The summed E-state index contributed by atoms with van der Waals surface area (Å²) < 4.78 is 43.6. The predicted octanol–water partition coefficient (Wildman–Crippen LogP) is 1.97. The van der Waals surface area contributed by atoms with Crippen LogP contribution in [0.1, 0.15) is 43.9 Å². The number of carbonyl (C=O) groups excluding carboxylic acids is 3. The first-order chi connectivity index (χ1) is 15.8. The number of nitrogens with one attached hydrogen (secondary N) is 2. The molecule has 1 atom stereocenters. The molecule has 1 aliphatic heterocycles. The summed E-state index contributed by atoms with van der Waals surface area (Å²) >= 11 is 0. The second-order valence-corrected chi connectivity index (χ2v) is 8.84. The second kappa shape index (κ2) is 10.5. The summed E-state index contributed by atoms with van der Waals surface area (Å²) in [6, 6.07) is 9.46. The maximum atomic E-state index is 13.2. The van der Waals surface area contributed by atoms with E-state index in [1.54, 1.807) is 12.1 Å². The summed E-state index contributed by atoms with van der Waals surface area (Å²) in [5, 5.41) is 2.74. The number of ether oxygens (including phenoxy) is 3. The molecular formula is C22H24N2O8S. The molecule has 1 aliphatic rings. The molecule has 0 bridgehead atoms. The zero-order chi connectivity index (χ0) is 24.0. The number of carbonyl (C=O) groups is 3. The van der Waals surface area contributed by atoms with E-state index >= 15 is 0 Å². The lowest BCUT2D eigenvalue weighted by molar-refractivity contribution is 0.0583. The molecule has 1 fully saturated rings. The molecular weight excluding hydrogens is 452 g/mol. The summed E-state index contributed by atoms with van der Waals surface area (Å²) in [6.45, 7) is 0.942. The third-order valence-electron chi connectivity index (χ3n) is 5.03. The van der Waals surface area contributed by atoms with E-state index in [2.05, 4.69) is 19.5 Å².